The van der Waals surface area contributed by atoms with Gasteiger partial charge in [0.2, 0.25) is 35.2 Å². The fraction of sp³-hybridized carbons (Fsp3) is 0.250. The summed E-state index contributed by atoms with van der Waals surface area (Å²) < 4.78 is 37.9. The van der Waals surface area contributed by atoms with E-state index in [2.05, 4.69) is 0 Å². The molecule has 0 unspecified atom stereocenters. The first-order valence-electron chi connectivity index (χ1n) is 8.51. The lowest BCUT2D eigenvalue weighted by Gasteiger charge is -2.17. The molecule has 9 nitrogen and oxygen atoms in total. The second kappa shape index (κ2) is 7.01. The lowest BCUT2D eigenvalue weighted by atomic mass is 10.1. The van der Waals surface area contributed by atoms with E-state index in [-0.39, 0.29) is 52.3 Å². The molecular formula is C20H18O9. The molecule has 0 spiro atoms. The molecule has 0 bridgehead atoms. The molecule has 152 valence electrons. The Kier molecular flexibility index (Phi) is 4.50. The molecule has 0 amide bonds. The van der Waals surface area contributed by atoms with Crippen LogP contribution in [0.5, 0.6) is 40.2 Å². The minimum Gasteiger partial charge on any atom is -0.501 e. The highest BCUT2D eigenvalue weighted by molar-refractivity contribution is 5.96. The molecule has 9 heteroatoms. The van der Waals surface area contributed by atoms with Gasteiger partial charge in [0.1, 0.15) is 5.39 Å². The van der Waals surface area contributed by atoms with Crippen molar-refractivity contribution in [3.63, 3.8) is 0 Å². The van der Waals surface area contributed by atoms with Crippen LogP contribution in [-0.4, -0.2) is 40.3 Å². The lowest BCUT2D eigenvalue weighted by molar-refractivity contribution is 0.174. The van der Waals surface area contributed by atoms with Crippen LogP contribution < -0.4 is 33.8 Å². The van der Waals surface area contributed by atoms with Crippen LogP contribution in [0.15, 0.2) is 27.4 Å². The zero-order chi connectivity index (χ0) is 20.7. The highest BCUT2D eigenvalue weighted by Gasteiger charge is 2.29. The Balaban J connectivity index is 2.11. The quantitative estimate of drug-likeness (QED) is 0.689. The summed E-state index contributed by atoms with van der Waals surface area (Å²) in [6.07, 6.45) is 0. The highest BCUT2D eigenvalue weighted by Crippen LogP contribution is 2.51. The maximum atomic E-state index is 13.3. The van der Waals surface area contributed by atoms with E-state index in [0.717, 1.165) is 0 Å². The zero-order valence-electron chi connectivity index (χ0n) is 16.2. The molecule has 0 aliphatic carbocycles. The summed E-state index contributed by atoms with van der Waals surface area (Å²) in [6.45, 7) is 0.107. The number of hydrogen-bond acceptors (Lipinski definition) is 9. The minimum absolute atomic E-state index is 0.00471. The number of ether oxygens (including phenoxy) is 6. The van der Waals surface area contributed by atoms with E-state index >= 15 is 0 Å². The average Bonchev–Trinajstić information content (AvgIpc) is 3.20. The van der Waals surface area contributed by atoms with Crippen molar-refractivity contribution in [3.8, 4) is 51.6 Å². The first-order valence-corrected chi connectivity index (χ1v) is 8.51. The molecule has 0 saturated heterocycles. The van der Waals surface area contributed by atoms with Crippen LogP contribution in [0.3, 0.4) is 0 Å². The van der Waals surface area contributed by atoms with Gasteiger partial charge >= 0.3 is 0 Å². The molecule has 1 aromatic heterocycles. The van der Waals surface area contributed by atoms with Crippen molar-refractivity contribution in [1.29, 1.82) is 0 Å². The Bertz CT molecular complexity index is 1160. The van der Waals surface area contributed by atoms with E-state index in [1.807, 2.05) is 0 Å². The maximum absolute atomic E-state index is 13.3. The van der Waals surface area contributed by atoms with Gasteiger partial charge < -0.3 is 37.9 Å². The number of phenolic OH excluding ortho intramolecular Hbond substituents is 1. The molecular weight excluding hydrogens is 384 g/mol. The average molecular weight is 402 g/mol. The van der Waals surface area contributed by atoms with Crippen molar-refractivity contribution in [2.24, 2.45) is 0 Å². The fourth-order valence-corrected chi connectivity index (χ4v) is 3.30. The number of phenols is 1. The predicted octanol–water partition coefficient (Wildman–Crippen LogP) is 2.93. The van der Waals surface area contributed by atoms with Gasteiger partial charge in [0.25, 0.3) is 0 Å². The fourth-order valence-electron chi connectivity index (χ4n) is 3.30. The highest BCUT2D eigenvalue weighted by atomic mass is 16.7. The van der Waals surface area contributed by atoms with E-state index in [0.29, 0.717) is 17.1 Å². The lowest BCUT2D eigenvalue weighted by Crippen LogP contribution is -2.10. The summed E-state index contributed by atoms with van der Waals surface area (Å²) in [6, 6.07) is 5.07. The molecule has 0 fully saturated rings. The zero-order valence-corrected chi connectivity index (χ0v) is 16.2. The van der Waals surface area contributed by atoms with Crippen LogP contribution in [0.4, 0.5) is 0 Å². The molecule has 1 N–H and O–H groups in total. The van der Waals surface area contributed by atoms with E-state index in [4.69, 9.17) is 32.8 Å². The molecule has 0 radical (unpaired) electrons. The third-order valence-corrected chi connectivity index (χ3v) is 4.59. The van der Waals surface area contributed by atoms with Crippen molar-refractivity contribution in [2.75, 3.05) is 35.2 Å². The van der Waals surface area contributed by atoms with E-state index < -0.39 is 5.43 Å². The number of methoxy groups -OCH3 is 4. The summed E-state index contributed by atoms with van der Waals surface area (Å²) in [5.74, 6) is 0.695. The van der Waals surface area contributed by atoms with Gasteiger partial charge in [-0.1, -0.05) is 0 Å². The molecule has 2 aromatic carbocycles. The number of benzene rings is 2. The predicted molar refractivity (Wildman–Crippen MR) is 102 cm³/mol. The third kappa shape index (κ3) is 2.65. The van der Waals surface area contributed by atoms with Gasteiger partial charge in [-0.2, -0.15) is 0 Å². The van der Waals surface area contributed by atoms with Crippen molar-refractivity contribution in [3.05, 3.63) is 28.4 Å². The minimum atomic E-state index is -0.519. The third-order valence-electron chi connectivity index (χ3n) is 4.59. The second-order valence-corrected chi connectivity index (χ2v) is 6.01. The normalized spacial score (nSPS) is 12.1. The Morgan fingerprint density at radius 1 is 0.862 bits per heavy atom. The Morgan fingerprint density at radius 2 is 1.52 bits per heavy atom. The Labute approximate surface area is 164 Å². The number of hydrogen-bond donors (Lipinski definition) is 1. The number of fused-ring (bicyclic) bond motifs is 2. The van der Waals surface area contributed by atoms with Crippen molar-refractivity contribution in [1.82, 2.24) is 0 Å². The largest absolute Gasteiger partial charge is 0.501 e. The van der Waals surface area contributed by atoms with Gasteiger partial charge in [-0.25, -0.2) is 0 Å². The summed E-state index contributed by atoms with van der Waals surface area (Å²) in [5, 5.41) is 10.6. The number of aromatic hydroxyl groups is 1. The van der Waals surface area contributed by atoms with Gasteiger partial charge in [-0.05, 0) is 18.2 Å². The smallest absolute Gasteiger partial charge is 0.239 e. The monoisotopic (exact) mass is 402 g/mol. The van der Waals surface area contributed by atoms with E-state index in [9.17, 15) is 9.90 Å². The molecule has 3 aromatic rings. The van der Waals surface area contributed by atoms with Gasteiger partial charge in [0.05, 0.1) is 28.4 Å². The molecule has 0 saturated carbocycles. The van der Waals surface area contributed by atoms with Gasteiger partial charge in [0, 0.05) is 5.56 Å². The van der Waals surface area contributed by atoms with Crippen LogP contribution >= 0.6 is 0 Å². The van der Waals surface area contributed by atoms with Crippen LogP contribution in [0, 0.1) is 0 Å². The molecule has 1 aliphatic rings. The molecule has 4 rings (SSSR count). The van der Waals surface area contributed by atoms with Gasteiger partial charge in [-0.3, -0.25) is 4.79 Å². The van der Waals surface area contributed by atoms with Crippen molar-refractivity contribution >= 4 is 11.0 Å². The maximum Gasteiger partial charge on any atom is 0.239 e. The summed E-state index contributed by atoms with van der Waals surface area (Å²) in [4.78, 5) is 13.3. The van der Waals surface area contributed by atoms with Crippen LogP contribution in [-0.2, 0) is 0 Å². The van der Waals surface area contributed by atoms with E-state index in [1.54, 1.807) is 18.2 Å². The first-order chi connectivity index (χ1) is 14.0. The molecule has 2 heterocycles. The standard InChI is InChI=1S/C20H18O9/c1-23-16-12-13(21)18(24-2)15(9-5-6-10-11(7-9)28-8-27-10)29-17(12)20(26-4)14(22)19(16)25-3/h5-7,22H,8H2,1-4H3. The van der Waals surface area contributed by atoms with Crippen molar-refractivity contribution < 1.29 is 37.9 Å². The summed E-state index contributed by atoms with van der Waals surface area (Å²) in [7, 11) is 5.38. The molecule has 29 heavy (non-hydrogen) atoms. The van der Waals surface area contributed by atoms with Crippen molar-refractivity contribution in [2.45, 2.75) is 0 Å². The number of rotatable bonds is 5. The first kappa shape index (κ1) is 18.6. The van der Waals surface area contributed by atoms with Crippen LogP contribution in [0.2, 0.25) is 0 Å². The van der Waals surface area contributed by atoms with Gasteiger partial charge in [0.15, 0.2) is 28.6 Å². The SMILES string of the molecule is COc1c(O)c(OC)c2oc(-c3ccc4c(c3)OCO4)c(OC)c(=O)c2c1OC. The second-order valence-electron chi connectivity index (χ2n) is 6.01. The Hall–Kier alpha value is -3.75. The van der Waals surface area contributed by atoms with E-state index in [1.165, 1.54) is 28.4 Å². The molecule has 0 atom stereocenters. The summed E-state index contributed by atoms with van der Waals surface area (Å²) in [5.41, 5.74) is -0.0163. The molecule has 1 aliphatic heterocycles. The van der Waals surface area contributed by atoms with Crippen LogP contribution in [0.25, 0.3) is 22.3 Å². The van der Waals surface area contributed by atoms with Crippen LogP contribution in [0.1, 0.15) is 0 Å². The topological polar surface area (TPSA) is 106 Å². The Morgan fingerprint density at radius 3 is 2.17 bits per heavy atom. The summed E-state index contributed by atoms with van der Waals surface area (Å²) >= 11 is 0. The van der Waals surface area contributed by atoms with Gasteiger partial charge in [-0.15, -0.1) is 0 Å².